The first-order valence-electron chi connectivity index (χ1n) is 8.40. The van der Waals surface area contributed by atoms with Crippen LogP contribution in [0, 0.1) is 6.92 Å². The average molecular weight is 333 g/mol. The molecule has 0 spiro atoms. The molecule has 0 unspecified atom stereocenters. The van der Waals surface area contributed by atoms with Gasteiger partial charge in [-0.1, -0.05) is 12.1 Å². The number of aryl methyl sites for hydroxylation is 1. The van der Waals surface area contributed by atoms with E-state index < -0.39 is 7.12 Å². The van der Waals surface area contributed by atoms with Crippen LogP contribution in [0.1, 0.15) is 47.1 Å². The van der Waals surface area contributed by atoms with Crippen LogP contribution in [-0.2, 0) is 14.1 Å². The number of hydrogen-bond acceptors (Lipinski definition) is 4. The van der Waals surface area contributed by atoms with Gasteiger partial charge in [0.2, 0.25) is 0 Å². The molecule has 0 bridgehead atoms. The number of ether oxygens (including phenoxy) is 1. The zero-order chi connectivity index (χ0) is 18.1. The lowest BCUT2D eigenvalue weighted by Crippen LogP contribution is -2.41. The standard InChI is InChI=1S/C18H28BNO4/c1-12(2)20-16(21)11-22-15-9-8-14(10-13(15)3)19-23-17(4,5)18(6,7)24-19/h8-10,12H,11H2,1-7H3,(H,20,21). The summed E-state index contributed by atoms with van der Waals surface area (Å²) in [6, 6.07) is 5.87. The number of hydrogen-bond donors (Lipinski definition) is 1. The monoisotopic (exact) mass is 333 g/mol. The predicted octanol–water partition coefficient (Wildman–Crippen LogP) is 2.20. The lowest BCUT2D eigenvalue weighted by atomic mass is 9.78. The Bertz CT molecular complexity index is 597. The first-order chi connectivity index (χ1) is 11.0. The fraction of sp³-hybridized carbons (Fsp3) is 0.611. The van der Waals surface area contributed by atoms with Gasteiger partial charge in [-0.15, -0.1) is 0 Å². The molecule has 2 rings (SSSR count). The molecule has 24 heavy (non-hydrogen) atoms. The highest BCUT2D eigenvalue weighted by Gasteiger charge is 2.51. The van der Waals surface area contributed by atoms with Crippen LogP contribution in [0.2, 0.25) is 0 Å². The summed E-state index contributed by atoms with van der Waals surface area (Å²) in [4.78, 5) is 11.7. The van der Waals surface area contributed by atoms with Crippen molar-refractivity contribution in [3.05, 3.63) is 23.8 Å². The van der Waals surface area contributed by atoms with Crippen molar-refractivity contribution in [3.63, 3.8) is 0 Å². The minimum absolute atomic E-state index is 0.00879. The Morgan fingerprint density at radius 3 is 2.29 bits per heavy atom. The Labute approximate surface area is 145 Å². The van der Waals surface area contributed by atoms with Crippen LogP contribution in [0.25, 0.3) is 0 Å². The predicted molar refractivity (Wildman–Crippen MR) is 95.7 cm³/mol. The number of benzene rings is 1. The molecule has 1 fully saturated rings. The normalized spacial score (nSPS) is 18.8. The molecule has 0 aliphatic carbocycles. The number of amides is 1. The summed E-state index contributed by atoms with van der Waals surface area (Å²) in [7, 11) is -0.396. The van der Waals surface area contributed by atoms with Crippen molar-refractivity contribution in [2.45, 2.75) is 65.7 Å². The smallest absolute Gasteiger partial charge is 0.484 e. The van der Waals surface area contributed by atoms with Gasteiger partial charge in [-0.05, 0) is 65.6 Å². The number of rotatable bonds is 5. The molecular weight excluding hydrogens is 305 g/mol. The first-order valence-corrected chi connectivity index (χ1v) is 8.40. The molecule has 5 nitrogen and oxygen atoms in total. The van der Waals surface area contributed by atoms with E-state index in [4.69, 9.17) is 14.0 Å². The summed E-state index contributed by atoms with van der Waals surface area (Å²) in [6.07, 6.45) is 0. The molecule has 0 radical (unpaired) electrons. The topological polar surface area (TPSA) is 56.8 Å². The maximum absolute atomic E-state index is 11.7. The summed E-state index contributed by atoms with van der Waals surface area (Å²) < 4.78 is 17.7. The summed E-state index contributed by atoms with van der Waals surface area (Å²) in [6.45, 7) is 13.9. The van der Waals surface area contributed by atoms with E-state index in [9.17, 15) is 4.79 Å². The highest BCUT2D eigenvalue weighted by Crippen LogP contribution is 2.36. The minimum Gasteiger partial charge on any atom is -0.484 e. The molecule has 1 aromatic carbocycles. The van der Waals surface area contributed by atoms with Crippen molar-refractivity contribution >= 4 is 18.5 Å². The number of carbonyl (C=O) groups excluding carboxylic acids is 1. The van der Waals surface area contributed by atoms with E-state index in [0.717, 1.165) is 11.0 Å². The zero-order valence-corrected chi connectivity index (χ0v) is 15.7. The summed E-state index contributed by atoms with van der Waals surface area (Å²) >= 11 is 0. The Balaban J connectivity index is 2.04. The molecule has 1 N–H and O–H groups in total. The minimum atomic E-state index is -0.396. The van der Waals surface area contributed by atoms with Crippen molar-refractivity contribution < 1.29 is 18.8 Å². The molecule has 132 valence electrons. The Morgan fingerprint density at radius 2 is 1.79 bits per heavy atom. The van der Waals surface area contributed by atoms with Crippen LogP contribution in [0.15, 0.2) is 18.2 Å². The maximum atomic E-state index is 11.7. The summed E-state index contributed by atoms with van der Waals surface area (Å²) in [5.41, 5.74) is 1.16. The molecule has 1 aliphatic rings. The van der Waals surface area contributed by atoms with E-state index in [1.165, 1.54) is 0 Å². The van der Waals surface area contributed by atoms with E-state index in [0.29, 0.717) is 5.75 Å². The van der Waals surface area contributed by atoms with Crippen LogP contribution >= 0.6 is 0 Å². The fourth-order valence-electron chi connectivity index (χ4n) is 2.47. The largest absolute Gasteiger partial charge is 0.494 e. The van der Waals surface area contributed by atoms with Crippen LogP contribution in [-0.4, -0.2) is 36.9 Å². The van der Waals surface area contributed by atoms with Crippen LogP contribution in [0.5, 0.6) is 5.75 Å². The maximum Gasteiger partial charge on any atom is 0.494 e. The fourth-order valence-corrected chi connectivity index (χ4v) is 2.47. The highest BCUT2D eigenvalue weighted by atomic mass is 16.7. The van der Waals surface area contributed by atoms with Crippen molar-refractivity contribution in [1.29, 1.82) is 0 Å². The van der Waals surface area contributed by atoms with Gasteiger partial charge in [0.25, 0.3) is 5.91 Å². The van der Waals surface area contributed by atoms with Crippen LogP contribution < -0.4 is 15.5 Å². The molecule has 1 aliphatic heterocycles. The third-order valence-electron chi connectivity index (χ3n) is 4.53. The van der Waals surface area contributed by atoms with Crippen molar-refractivity contribution in [1.82, 2.24) is 5.32 Å². The van der Waals surface area contributed by atoms with E-state index in [2.05, 4.69) is 5.32 Å². The zero-order valence-electron chi connectivity index (χ0n) is 15.7. The Kier molecular flexibility index (Phi) is 5.30. The van der Waals surface area contributed by atoms with E-state index in [1.807, 2.05) is 66.7 Å². The lowest BCUT2D eigenvalue weighted by Gasteiger charge is -2.32. The van der Waals surface area contributed by atoms with Crippen molar-refractivity contribution in [2.75, 3.05) is 6.61 Å². The average Bonchev–Trinajstić information content (AvgIpc) is 2.65. The van der Waals surface area contributed by atoms with Gasteiger partial charge < -0.3 is 19.4 Å². The summed E-state index contributed by atoms with van der Waals surface area (Å²) in [5, 5.41) is 2.80. The second-order valence-corrected chi connectivity index (χ2v) is 7.62. The number of carbonyl (C=O) groups is 1. The van der Waals surface area contributed by atoms with Gasteiger partial charge in [-0.2, -0.15) is 0 Å². The molecule has 0 atom stereocenters. The Morgan fingerprint density at radius 1 is 1.21 bits per heavy atom. The quantitative estimate of drug-likeness (QED) is 0.840. The van der Waals surface area contributed by atoms with Crippen molar-refractivity contribution in [3.8, 4) is 5.75 Å². The molecule has 1 aromatic rings. The van der Waals surface area contributed by atoms with Gasteiger partial charge in [0, 0.05) is 6.04 Å². The number of nitrogens with one attached hydrogen (secondary N) is 1. The van der Waals surface area contributed by atoms with Crippen LogP contribution in [0.3, 0.4) is 0 Å². The first kappa shape index (κ1) is 18.8. The molecule has 0 saturated carbocycles. The van der Waals surface area contributed by atoms with E-state index >= 15 is 0 Å². The molecule has 1 saturated heterocycles. The molecule has 1 amide bonds. The molecule has 6 heteroatoms. The second-order valence-electron chi connectivity index (χ2n) is 7.62. The highest BCUT2D eigenvalue weighted by molar-refractivity contribution is 6.62. The van der Waals surface area contributed by atoms with E-state index in [-0.39, 0.29) is 29.8 Å². The SMILES string of the molecule is Cc1cc(B2OC(C)(C)C(C)(C)O2)ccc1OCC(=O)NC(C)C. The third kappa shape index (κ3) is 4.11. The van der Waals surface area contributed by atoms with Crippen LogP contribution in [0.4, 0.5) is 0 Å². The molecule has 0 aromatic heterocycles. The van der Waals surface area contributed by atoms with Gasteiger partial charge in [0.1, 0.15) is 5.75 Å². The lowest BCUT2D eigenvalue weighted by molar-refractivity contribution is -0.123. The third-order valence-corrected chi connectivity index (χ3v) is 4.53. The van der Waals surface area contributed by atoms with Crippen molar-refractivity contribution in [2.24, 2.45) is 0 Å². The van der Waals surface area contributed by atoms with Gasteiger partial charge in [0.15, 0.2) is 6.61 Å². The molecule has 1 heterocycles. The Hall–Kier alpha value is -1.53. The van der Waals surface area contributed by atoms with Gasteiger partial charge >= 0.3 is 7.12 Å². The summed E-state index contributed by atoms with van der Waals surface area (Å²) in [5.74, 6) is 0.564. The second kappa shape index (κ2) is 6.77. The van der Waals surface area contributed by atoms with Gasteiger partial charge in [0.05, 0.1) is 11.2 Å². The van der Waals surface area contributed by atoms with Gasteiger partial charge in [-0.25, -0.2) is 0 Å². The van der Waals surface area contributed by atoms with Gasteiger partial charge in [-0.3, -0.25) is 4.79 Å². The van der Waals surface area contributed by atoms with E-state index in [1.54, 1.807) is 0 Å². The molecular formula is C18H28BNO4.